The van der Waals surface area contributed by atoms with E-state index in [1.54, 1.807) is 36.5 Å². The Morgan fingerprint density at radius 3 is 2.58 bits per heavy atom. The van der Waals surface area contributed by atoms with Gasteiger partial charge in [0.25, 0.3) is 0 Å². The molecule has 0 fully saturated rings. The Bertz CT molecular complexity index is 609. The SMILES string of the molecule is COc1cc(C=Nc2ccc([As]=O)cc2)ccc1O. The molecular weight excluding hydrogens is 305 g/mol. The quantitative estimate of drug-likeness (QED) is 0.691. The second-order valence-electron chi connectivity index (χ2n) is 3.80. The van der Waals surface area contributed by atoms with E-state index in [9.17, 15) is 8.85 Å². The average Bonchev–Trinajstić information content (AvgIpc) is 2.47. The Morgan fingerprint density at radius 2 is 1.95 bits per heavy atom. The first-order valence-electron chi connectivity index (χ1n) is 5.57. The van der Waals surface area contributed by atoms with Gasteiger partial charge < -0.3 is 0 Å². The van der Waals surface area contributed by atoms with Crippen molar-refractivity contribution in [3.8, 4) is 11.5 Å². The number of aliphatic imine (C=N–C) groups is 1. The van der Waals surface area contributed by atoms with E-state index in [2.05, 4.69) is 4.99 Å². The van der Waals surface area contributed by atoms with Crippen LogP contribution in [0.2, 0.25) is 0 Å². The molecule has 5 heteroatoms. The Hall–Kier alpha value is -1.93. The van der Waals surface area contributed by atoms with Crippen molar-refractivity contribution in [2.75, 3.05) is 7.11 Å². The van der Waals surface area contributed by atoms with Crippen LogP contribution in [0.3, 0.4) is 0 Å². The molecule has 2 rings (SSSR count). The molecule has 0 radical (unpaired) electrons. The van der Waals surface area contributed by atoms with Gasteiger partial charge in [0.15, 0.2) is 0 Å². The molecule has 1 N–H and O–H groups in total. The number of phenols is 1. The van der Waals surface area contributed by atoms with Gasteiger partial charge in [-0.3, -0.25) is 0 Å². The molecule has 19 heavy (non-hydrogen) atoms. The van der Waals surface area contributed by atoms with Gasteiger partial charge in [-0.2, -0.15) is 0 Å². The molecule has 0 aliphatic heterocycles. The molecular formula is C14H12AsNO3. The van der Waals surface area contributed by atoms with E-state index in [-0.39, 0.29) is 5.75 Å². The number of methoxy groups -OCH3 is 1. The zero-order chi connectivity index (χ0) is 13.7. The first-order valence-corrected chi connectivity index (χ1v) is 7.28. The number of hydrogen-bond donors (Lipinski definition) is 1. The van der Waals surface area contributed by atoms with Crippen molar-refractivity contribution >= 4 is 31.9 Å². The van der Waals surface area contributed by atoms with E-state index in [0.29, 0.717) is 5.75 Å². The van der Waals surface area contributed by atoms with Crippen LogP contribution < -0.4 is 9.09 Å². The Morgan fingerprint density at radius 1 is 1.21 bits per heavy atom. The standard InChI is InChI=1S/C14H12AsNO3/c1-19-14-8-10(2-7-13(14)17)9-16-12-5-3-11(15-18)4-6-12/h2-9,17H,1H3. The zero-order valence-corrected chi connectivity index (χ0v) is 12.2. The molecule has 0 unspecified atom stereocenters. The maximum absolute atomic E-state index is 10.7. The second kappa shape index (κ2) is 6.30. The number of phenolic OH excluding ortho intramolecular Hbond substituents is 1. The molecule has 0 saturated heterocycles. The molecule has 0 aliphatic rings. The van der Waals surface area contributed by atoms with Gasteiger partial charge in [0.1, 0.15) is 0 Å². The number of benzene rings is 2. The molecule has 0 aliphatic carbocycles. The number of aromatic hydroxyl groups is 1. The summed E-state index contributed by atoms with van der Waals surface area (Å²) in [7, 11) is 1.50. The molecule has 96 valence electrons. The topological polar surface area (TPSA) is 58.9 Å². The van der Waals surface area contributed by atoms with E-state index in [1.165, 1.54) is 7.11 Å². The third-order valence-corrected chi connectivity index (χ3v) is 3.59. The van der Waals surface area contributed by atoms with Crippen LogP contribution in [0.1, 0.15) is 5.56 Å². The summed E-state index contributed by atoms with van der Waals surface area (Å²) in [5.41, 5.74) is 1.61. The van der Waals surface area contributed by atoms with Crippen LogP contribution in [0.5, 0.6) is 11.5 Å². The fourth-order valence-corrected chi connectivity index (χ4v) is 2.09. The third-order valence-electron chi connectivity index (χ3n) is 2.52. The summed E-state index contributed by atoms with van der Waals surface area (Å²) < 4.78 is 16.6. The van der Waals surface area contributed by atoms with Gasteiger partial charge in [-0.25, -0.2) is 0 Å². The molecule has 0 atom stereocenters. The van der Waals surface area contributed by atoms with Gasteiger partial charge in [0.05, 0.1) is 0 Å². The fourth-order valence-electron chi connectivity index (χ4n) is 1.52. The van der Waals surface area contributed by atoms with Crippen LogP contribution in [-0.4, -0.2) is 34.1 Å². The minimum atomic E-state index is -0.983. The summed E-state index contributed by atoms with van der Waals surface area (Å²) in [6, 6.07) is 12.3. The first kappa shape index (κ1) is 13.5. The number of rotatable bonds is 4. The van der Waals surface area contributed by atoms with Crippen molar-refractivity contribution in [1.82, 2.24) is 0 Å². The summed E-state index contributed by atoms with van der Waals surface area (Å²) >= 11 is -0.983. The molecule has 0 heterocycles. The van der Waals surface area contributed by atoms with Crippen LogP contribution in [0.25, 0.3) is 0 Å². The minimum absolute atomic E-state index is 0.0998. The second-order valence-corrected chi connectivity index (χ2v) is 5.26. The summed E-state index contributed by atoms with van der Waals surface area (Å²) in [6.07, 6.45) is 1.68. The number of ether oxygens (including phenoxy) is 1. The Labute approximate surface area is 117 Å². The third kappa shape index (κ3) is 3.52. The van der Waals surface area contributed by atoms with E-state index in [4.69, 9.17) is 4.74 Å². The van der Waals surface area contributed by atoms with E-state index in [0.717, 1.165) is 15.6 Å². The van der Waals surface area contributed by atoms with Crippen LogP contribution in [0.4, 0.5) is 5.69 Å². The molecule has 0 spiro atoms. The van der Waals surface area contributed by atoms with E-state index in [1.807, 2.05) is 12.1 Å². The zero-order valence-electron chi connectivity index (χ0n) is 10.3. The molecule has 4 nitrogen and oxygen atoms in total. The summed E-state index contributed by atoms with van der Waals surface area (Å²) in [4.78, 5) is 4.30. The van der Waals surface area contributed by atoms with Crippen LogP contribution in [0, 0.1) is 0 Å². The van der Waals surface area contributed by atoms with Gasteiger partial charge in [-0.15, -0.1) is 0 Å². The predicted octanol–water partition coefficient (Wildman–Crippen LogP) is 1.83. The molecule has 2 aromatic rings. The monoisotopic (exact) mass is 317 g/mol. The normalized spacial score (nSPS) is 11.0. The van der Waals surface area contributed by atoms with Crippen molar-refractivity contribution in [2.24, 2.45) is 4.99 Å². The van der Waals surface area contributed by atoms with E-state index < -0.39 is 15.7 Å². The van der Waals surface area contributed by atoms with Gasteiger partial charge in [0.2, 0.25) is 0 Å². The summed E-state index contributed by atoms with van der Waals surface area (Å²) in [5, 5.41) is 9.48. The van der Waals surface area contributed by atoms with Gasteiger partial charge in [0, 0.05) is 0 Å². The van der Waals surface area contributed by atoms with Gasteiger partial charge in [-0.1, -0.05) is 0 Å². The fraction of sp³-hybridized carbons (Fsp3) is 0.0714. The van der Waals surface area contributed by atoms with Crippen LogP contribution in [0.15, 0.2) is 47.5 Å². The molecule has 0 aromatic heterocycles. The summed E-state index contributed by atoms with van der Waals surface area (Å²) in [6.45, 7) is 0. The number of nitrogens with zero attached hydrogens (tertiary/aromatic N) is 1. The van der Waals surface area contributed by atoms with Gasteiger partial charge >= 0.3 is 117 Å². The van der Waals surface area contributed by atoms with Crippen molar-refractivity contribution in [2.45, 2.75) is 0 Å². The first-order chi connectivity index (χ1) is 9.22. The van der Waals surface area contributed by atoms with Crippen molar-refractivity contribution in [3.05, 3.63) is 48.0 Å². The molecule has 0 bridgehead atoms. The predicted molar refractivity (Wildman–Crippen MR) is 74.4 cm³/mol. The van der Waals surface area contributed by atoms with Crippen molar-refractivity contribution in [3.63, 3.8) is 0 Å². The average molecular weight is 317 g/mol. The summed E-state index contributed by atoms with van der Waals surface area (Å²) in [5.74, 6) is 0.512. The van der Waals surface area contributed by atoms with Crippen LogP contribution in [-0.2, 0) is 3.74 Å². The van der Waals surface area contributed by atoms with E-state index >= 15 is 0 Å². The Kier molecular flexibility index (Phi) is 4.47. The molecule has 0 saturated carbocycles. The molecule has 0 amide bonds. The van der Waals surface area contributed by atoms with Gasteiger partial charge in [-0.05, 0) is 0 Å². The maximum atomic E-state index is 10.7. The van der Waals surface area contributed by atoms with Crippen molar-refractivity contribution in [1.29, 1.82) is 0 Å². The van der Waals surface area contributed by atoms with Crippen LogP contribution >= 0.6 is 0 Å². The number of hydrogen-bond acceptors (Lipinski definition) is 4. The van der Waals surface area contributed by atoms with Crippen molar-refractivity contribution < 1.29 is 13.6 Å². The Balaban J connectivity index is 2.19. The molecule has 2 aromatic carbocycles.